The van der Waals surface area contributed by atoms with Gasteiger partial charge < -0.3 is 19.6 Å². The van der Waals surface area contributed by atoms with Gasteiger partial charge in [0.15, 0.2) is 11.5 Å². The van der Waals surface area contributed by atoms with Crippen LogP contribution in [0.3, 0.4) is 0 Å². The Kier molecular flexibility index (Phi) is 7.32. The van der Waals surface area contributed by atoms with Crippen LogP contribution in [0.4, 0.5) is 11.4 Å². The topological polar surface area (TPSA) is 112 Å². The second-order valence-electron chi connectivity index (χ2n) is 5.62. The van der Waals surface area contributed by atoms with Crippen molar-refractivity contribution in [3.05, 3.63) is 58.1 Å². The number of carbonyl (C=O) groups is 1. The summed E-state index contributed by atoms with van der Waals surface area (Å²) in [6, 6.07) is 10.9. The first-order valence-electron chi connectivity index (χ1n) is 8.50. The molecule has 0 saturated carbocycles. The Morgan fingerprint density at radius 2 is 2.07 bits per heavy atom. The number of methoxy groups -OCH3 is 1. The number of nitrogens with zero attached hydrogens (tertiary/aromatic N) is 2. The SMILES string of the molecule is CCOc1ccc(/C=N/OC(C)C(=O)Nc2cccc([N+](=O)[O-])c2)cc1OC. The number of carbonyl (C=O) groups excluding carboxylic acids is 1. The third-order valence-corrected chi connectivity index (χ3v) is 3.60. The zero-order chi connectivity index (χ0) is 20.5. The number of nitro benzene ring substituents is 1. The molecule has 2 aromatic carbocycles. The quantitative estimate of drug-likeness (QED) is 0.401. The average molecular weight is 387 g/mol. The summed E-state index contributed by atoms with van der Waals surface area (Å²) in [5, 5.41) is 17.1. The Bertz CT molecular complexity index is 868. The lowest BCUT2D eigenvalue weighted by Gasteiger charge is -2.11. The number of nitro groups is 1. The van der Waals surface area contributed by atoms with E-state index in [1.54, 1.807) is 24.3 Å². The summed E-state index contributed by atoms with van der Waals surface area (Å²) in [7, 11) is 1.54. The van der Waals surface area contributed by atoms with Crippen molar-refractivity contribution < 1.29 is 24.0 Å². The summed E-state index contributed by atoms with van der Waals surface area (Å²) < 4.78 is 10.7. The highest BCUT2D eigenvalue weighted by Gasteiger charge is 2.15. The van der Waals surface area contributed by atoms with Crippen LogP contribution in [-0.4, -0.2) is 36.9 Å². The van der Waals surface area contributed by atoms with Gasteiger partial charge in [0.2, 0.25) is 6.10 Å². The van der Waals surface area contributed by atoms with Gasteiger partial charge in [0.25, 0.3) is 11.6 Å². The van der Waals surface area contributed by atoms with Gasteiger partial charge >= 0.3 is 0 Å². The van der Waals surface area contributed by atoms with Crippen LogP contribution in [0.25, 0.3) is 0 Å². The zero-order valence-electron chi connectivity index (χ0n) is 15.7. The normalized spacial score (nSPS) is 11.7. The van der Waals surface area contributed by atoms with E-state index in [1.807, 2.05) is 6.92 Å². The van der Waals surface area contributed by atoms with Crippen LogP contribution in [0.15, 0.2) is 47.6 Å². The van der Waals surface area contributed by atoms with Crippen molar-refractivity contribution in [2.24, 2.45) is 5.16 Å². The number of rotatable bonds is 9. The fourth-order valence-electron chi connectivity index (χ4n) is 2.21. The molecule has 0 radical (unpaired) electrons. The maximum Gasteiger partial charge on any atom is 0.271 e. The van der Waals surface area contributed by atoms with Gasteiger partial charge in [-0.25, -0.2) is 0 Å². The second kappa shape index (κ2) is 9.91. The number of hydrogen-bond acceptors (Lipinski definition) is 7. The molecule has 0 aromatic heterocycles. The molecule has 1 atom stereocenters. The number of hydrogen-bond donors (Lipinski definition) is 1. The van der Waals surface area contributed by atoms with E-state index in [-0.39, 0.29) is 5.69 Å². The van der Waals surface area contributed by atoms with E-state index in [0.29, 0.717) is 29.4 Å². The Labute approximate surface area is 162 Å². The Morgan fingerprint density at radius 1 is 1.29 bits per heavy atom. The second-order valence-corrected chi connectivity index (χ2v) is 5.62. The molecule has 2 rings (SSSR count). The fourth-order valence-corrected chi connectivity index (χ4v) is 2.21. The first kappa shape index (κ1) is 20.7. The lowest BCUT2D eigenvalue weighted by Crippen LogP contribution is -2.26. The van der Waals surface area contributed by atoms with Gasteiger partial charge in [-0.2, -0.15) is 0 Å². The molecule has 0 spiro atoms. The Balaban J connectivity index is 1.95. The van der Waals surface area contributed by atoms with E-state index in [9.17, 15) is 14.9 Å². The monoisotopic (exact) mass is 387 g/mol. The molecule has 148 valence electrons. The fraction of sp³-hybridized carbons (Fsp3) is 0.263. The van der Waals surface area contributed by atoms with Crippen LogP contribution in [0.1, 0.15) is 19.4 Å². The van der Waals surface area contributed by atoms with Crippen molar-refractivity contribution >= 4 is 23.5 Å². The molecule has 0 bridgehead atoms. The molecule has 1 N–H and O–H groups in total. The maximum absolute atomic E-state index is 12.1. The number of benzene rings is 2. The minimum absolute atomic E-state index is 0.117. The standard InChI is InChI=1S/C19H21N3O6/c1-4-27-17-9-8-14(10-18(17)26-3)12-20-28-13(2)19(23)21-15-6-5-7-16(11-15)22(24)25/h5-13H,4H2,1-3H3,(H,21,23)/b20-12+. The summed E-state index contributed by atoms with van der Waals surface area (Å²) in [5.74, 6) is 0.692. The zero-order valence-corrected chi connectivity index (χ0v) is 15.7. The number of nitrogens with one attached hydrogen (secondary N) is 1. The molecule has 1 amide bonds. The van der Waals surface area contributed by atoms with Gasteiger partial charge in [0, 0.05) is 23.4 Å². The third-order valence-electron chi connectivity index (χ3n) is 3.60. The molecule has 0 aliphatic rings. The van der Waals surface area contributed by atoms with E-state index in [2.05, 4.69) is 10.5 Å². The van der Waals surface area contributed by atoms with Gasteiger partial charge in [-0.15, -0.1) is 0 Å². The summed E-state index contributed by atoms with van der Waals surface area (Å²) in [6.07, 6.45) is 0.537. The number of non-ortho nitro benzene ring substituents is 1. The summed E-state index contributed by atoms with van der Waals surface area (Å²) in [6.45, 7) is 3.91. The molecule has 0 fully saturated rings. The lowest BCUT2D eigenvalue weighted by atomic mass is 10.2. The molecule has 2 aromatic rings. The maximum atomic E-state index is 12.1. The van der Waals surface area contributed by atoms with Crippen molar-refractivity contribution in [1.82, 2.24) is 0 Å². The van der Waals surface area contributed by atoms with Crippen molar-refractivity contribution in [2.75, 3.05) is 19.0 Å². The number of anilines is 1. The minimum atomic E-state index is -0.903. The smallest absolute Gasteiger partial charge is 0.271 e. The van der Waals surface area contributed by atoms with Gasteiger partial charge in [-0.05, 0) is 38.1 Å². The molecule has 9 heteroatoms. The van der Waals surface area contributed by atoms with Crippen LogP contribution < -0.4 is 14.8 Å². The number of ether oxygens (including phenoxy) is 2. The summed E-state index contributed by atoms with van der Waals surface area (Å²) in [4.78, 5) is 27.5. The highest BCUT2D eigenvalue weighted by molar-refractivity contribution is 5.94. The first-order chi connectivity index (χ1) is 13.4. The van der Waals surface area contributed by atoms with Crippen molar-refractivity contribution in [3.8, 4) is 11.5 Å². The number of amides is 1. The van der Waals surface area contributed by atoms with Gasteiger partial charge in [-0.1, -0.05) is 11.2 Å². The Hall–Kier alpha value is -3.62. The van der Waals surface area contributed by atoms with Crippen LogP contribution in [0.5, 0.6) is 11.5 Å². The van der Waals surface area contributed by atoms with Crippen molar-refractivity contribution in [1.29, 1.82) is 0 Å². The largest absolute Gasteiger partial charge is 0.493 e. The van der Waals surface area contributed by atoms with E-state index in [0.717, 1.165) is 0 Å². The van der Waals surface area contributed by atoms with Crippen LogP contribution >= 0.6 is 0 Å². The third kappa shape index (κ3) is 5.70. The highest BCUT2D eigenvalue weighted by atomic mass is 16.6. The van der Waals surface area contributed by atoms with E-state index < -0.39 is 16.9 Å². The molecule has 0 aliphatic carbocycles. The van der Waals surface area contributed by atoms with Crippen molar-refractivity contribution in [2.45, 2.75) is 20.0 Å². The molecule has 0 heterocycles. The first-order valence-corrected chi connectivity index (χ1v) is 8.50. The van der Waals surface area contributed by atoms with E-state index >= 15 is 0 Å². The van der Waals surface area contributed by atoms with Gasteiger partial charge in [-0.3, -0.25) is 14.9 Å². The molecular formula is C19H21N3O6. The molecule has 0 saturated heterocycles. The summed E-state index contributed by atoms with van der Waals surface area (Å²) in [5.41, 5.74) is 0.885. The van der Waals surface area contributed by atoms with Crippen LogP contribution in [-0.2, 0) is 9.63 Å². The van der Waals surface area contributed by atoms with Gasteiger partial charge in [0.05, 0.1) is 24.9 Å². The molecule has 9 nitrogen and oxygen atoms in total. The molecule has 28 heavy (non-hydrogen) atoms. The Morgan fingerprint density at radius 3 is 2.75 bits per heavy atom. The van der Waals surface area contributed by atoms with Gasteiger partial charge in [0.1, 0.15) is 0 Å². The minimum Gasteiger partial charge on any atom is -0.493 e. The predicted molar refractivity (Wildman–Crippen MR) is 104 cm³/mol. The molecule has 0 aliphatic heterocycles. The molecular weight excluding hydrogens is 366 g/mol. The van der Waals surface area contributed by atoms with E-state index in [1.165, 1.54) is 38.4 Å². The van der Waals surface area contributed by atoms with E-state index in [4.69, 9.17) is 14.3 Å². The molecule has 1 unspecified atom stereocenters. The number of oxime groups is 1. The predicted octanol–water partition coefficient (Wildman–Crippen LogP) is 3.38. The van der Waals surface area contributed by atoms with Crippen molar-refractivity contribution in [3.63, 3.8) is 0 Å². The highest BCUT2D eigenvalue weighted by Crippen LogP contribution is 2.27. The lowest BCUT2D eigenvalue weighted by molar-refractivity contribution is -0.384. The summed E-state index contributed by atoms with van der Waals surface area (Å²) >= 11 is 0. The average Bonchev–Trinajstić information content (AvgIpc) is 2.69. The van der Waals surface area contributed by atoms with Crippen LogP contribution in [0, 0.1) is 10.1 Å². The van der Waals surface area contributed by atoms with Crippen LogP contribution in [0.2, 0.25) is 0 Å².